The molecule has 1 saturated heterocycles. The van der Waals surface area contributed by atoms with Gasteiger partial charge >= 0.3 is 16.3 Å². The van der Waals surface area contributed by atoms with E-state index in [9.17, 15) is 13.2 Å². The average molecular weight is 496 g/mol. The third kappa shape index (κ3) is 6.83. The molecule has 0 bridgehead atoms. The maximum Gasteiger partial charge on any atom is 0.422 e. The van der Waals surface area contributed by atoms with E-state index in [1.54, 1.807) is 41.3 Å². The Bertz CT molecular complexity index is 1110. The summed E-state index contributed by atoms with van der Waals surface area (Å²) in [6.07, 6.45) is 2.99. The smallest absolute Gasteiger partial charge is 0.422 e. The average Bonchev–Trinajstić information content (AvgIpc) is 2.76. The standard InChI is InChI=1S/C22H33N5O6S/c1-22(2,3)33-21(28)26-34(29,30)25-9-6-15-7-10-27(11-8-15)20-16-12-18(31-4)19(32-5)13-17(16)23-14-24-20/h12-15,25H,6-11H2,1-5H3,(H,26,28). The van der Waals surface area contributed by atoms with Gasteiger partial charge in [0.2, 0.25) is 0 Å². The van der Waals surface area contributed by atoms with Gasteiger partial charge in [-0.25, -0.2) is 19.5 Å². The fourth-order valence-electron chi connectivity index (χ4n) is 3.90. The number of fused-ring (bicyclic) bond motifs is 1. The summed E-state index contributed by atoms with van der Waals surface area (Å²) in [6.45, 7) is 6.79. The Hall–Kier alpha value is -2.86. The number of carbonyl (C=O) groups is 1. The molecule has 2 N–H and O–H groups in total. The van der Waals surface area contributed by atoms with Crippen LogP contribution in [0, 0.1) is 5.92 Å². The first-order chi connectivity index (χ1) is 16.0. The lowest BCUT2D eigenvalue weighted by molar-refractivity contribution is 0.0569. The first-order valence-corrected chi connectivity index (χ1v) is 12.6. The van der Waals surface area contributed by atoms with Crippen molar-refractivity contribution in [3.63, 3.8) is 0 Å². The maximum atomic E-state index is 12.1. The van der Waals surface area contributed by atoms with Crippen LogP contribution in [0.1, 0.15) is 40.0 Å². The summed E-state index contributed by atoms with van der Waals surface area (Å²) >= 11 is 0. The van der Waals surface area contributed by atoms with E-state index < -0.39 is 21.9 Å². The number of anilines is 1. The number of hydrogen-bond donors (Lipinski definition) is 2. The van der Waals surface area contributed by atoms with E-state index >= 15 is 0 Å². The van der Waals surface area contributed by atoms with E-state index in [0.29, 0.717) is 23.8 Å². The minimum atomic E-state index is -3.97. The summed E-state index contributed by atoms with van der Waals surface area (Å²) in [6, 6.07) is 3.73. The number of nitrogens with one attached hydrogen (secondary N) is 2. The molecule has 11 nitrogen and oxygen atoms in total. The Kier molecular flexibility index (Phi) is 8.03. The van der Waals surface area contributed by atoms with Gasteiger partial charge in [0.05, 0.1) is 19.7 Å². The lowest BCUT2D eigenvalue weighted by atomic mass is 9.93. The van der Waals surface area contributed by atoms with Crippen LogP contribution in [0.5, 0.6) is 11.5 Å². The quantitative estimate of drug-likeness (QED) is 0.567. The van der Waals surface area contributed by atoms with Crippen molar-refractivity contribution in [2.24, 2.45) is 5.92 Å². The number of nitrogens with zero attached hydrogens (tertiary/aromatic N) is 3. The number of methoxy groups -OCH3 is 2. The van der Waals surface area contributed by atoms with Crippen LogP contribution in [-0.2, 0) is 14.9 Å². The highest BCUT2D eigenvalue weighted by atomic mass is 32.2. The van der Waals surface area contributed by atoms with Gasteiger partial charge in [-0.15, -0.1) is 0 Å². The van der Waals surface area contributed by atoms with Gasteiger partial charge in [-0.1, -0.05) is 0 Å². The molecule has 34 heavy (non-hydrogen) atoms. The highest BCUT2D eigenvalue weighted by Crippen LogP contribution is 2.35. The van der Waals surface area contributed by atoms with Crippen molar-refractivity contribution in [1.29, 1.82) is 0 Å². The second kappa shape index (κ2) is 10.6. The third-order valence-electron chi connectivity index (χ3n) is 5.49. The van der Waals surface area contributed by atoms with Gasteiger partial charge in [-0.2, -0.15) is 13.1 Å². The van der Waals surface area contributed by atoms with Crippen LogP contribution in [0.3, 0.4) is 0 Å². The Morgan fingerprint density at radius 3 is 2.38 bits per heavy atom. The van der Waals surface area contributed by atoms with Gasteiger partial charge in [0, 0.05) is 31.1 Å². The molecule has 0 saturated carbocycles. The monoisotopic (exact) mass is 495 g/mol. The Morgan fingerprint density at radius 2 is 1.76 bits per heavy atom. The second-order valence-electron chi connectivity index (χ2n) is 9.14. The first kappa shape index (κ1) is 25.8. The van der Waals surface area contributed by atoms with E-state index in [1.807, 2.05) is 16.9 Å². The molecule has 0 unspecified atom stereocenters. The fraction of sp³-hybridized carbons (Fsp3) is 0.591. The number of ether oxygens (including phenoxy) is 3. The molecule has 12 heteroatoms. The van der Waals surface area contributed by atoms with E-state index in [0.717, 1.165) is 42.7 Å². The van der Waals surface area contributed by atoms with E-state index in [2.05, 4.69) is 19.6 Å². The number of rotatable bonds is 8. The number of hydrogen-bond acceptors (Lipinski definition) is 9. The number of piperidine rings is 1. The molecule has 0 radical (unpaired) electrons. The van der Waals surface area contributed by atoms with Gasteiger partial charge in [-0.3, -0.25) is 0 Å². The SMILES string of the molecule is COc1cc2ncnc(N3CCC(CCNS(=O)(=O)NC(=O)OC(C)(C)C)CC3)c2cc1OC. The molecule has 3 rings (SSSR count). The molecule has 0 aliphatic carbocycles. The van der Waals surface area contributed by atoms with Crippen LogP contribution in [0.25, 0.3) is 10.9 Å². The number of amides is 1. The predicted octanol–water partition coefficient (Wildman–Crippen LogP) is 2.61. The molecule has 1 amide bonds. The number of carbonyl (C=O) groups excluding carboxylic acids is 1. The fourth-order valence-corrected chi connectivity index (χ4v) is 4.62. The van der Waals surface area contributed by atoms with Crippen molar-refractivity contribution in [2.75, 3.05) is 38.8 Å². The second-order valence-corrected chi connectivity index (χ2v) is 10.6. The van der Waals surface area contributed by atoms with E-state index in [-0.39, 0.29) is 6.54 Å². The van der Waals surface area contributed by atoms with E-state index in [4.69, 9.17) is 14.2 Å². The minimum absolute atomic E-state index is 0.232. The Morgan fingerprint density at radius 1 is 1.12 bits per heavy atom. The van der Waals surface area contributed by atoms with Crippen molar-refractivity contribution in [3.05, 3.63) is 18.5 Å². The maximum absolute atomic E-state index is 12.1. The lowest BCUT2D eigenvalue weighted by Crippen LogP contribution is -2.43. The van der Waals surface area contributed by atoms with Gasteiger partial charge in [0.15, 0.2) is 11.5 Å². The number of benzene rings is 1. The van der Waals surface area contributed by atoms with Crippen molar-refractivity contribution < 1.29 is 27.4 Å². The summed E-state index contributed by atoms with van der Waals surface area (Å²) in [5.74, 6) is 2.42. The zero-order valence-corrected chi connectivity index (χ0v) is 21.1. The van der Waals surface area contributed by atoms with Crippen molar-refractivity contribution in [3.8, 4) is 11.5 Å². The topological polar surface area (TPSA) is 132 Å². The summed E-state index contributed by atoms with van der Waals surface area (Å²) < 4.78 is 44.2. The molecule has 1 aliphatic heterocycles. The van der Waals surface area contributed by atoms with Gasteiger partial charge in [0.1, 0.15) is 17.7 Å². The van der Waals surface area contributed by atoms with Gasteiger partial charge < -0.3 is 19.1 Å². The molecule has 1 aromatic carbocycles. The molecule has 2 aromatic rings. The minimum Gasteiger partial charge on any atom is -0.493 e. The molecule has 0 spiro atoms. The molecule has 0 atom stereocenters. The van der Waals surface area contributed by atoms with Crippen molar-refractivity contribution in [2.45, 2.75) is 45.6 Å². The van der Waals surface area contributed by atoms with Crippen molar-refractivity contribution in [1.82, 2.24) is 19.4 Å². The Balaban J connectivity index is 1.54. The van der Waals surface area contributed by atoms with Crippen LogP contribution in [0.4, 0.5) is 10.6 Å². The largest absolute Gasteiger partial charge is 0.493 e. The molecule has 188 valence electrons. The predicted molar refractivity (Wildman–Crippen MR) is 128 cm³/mol. The summed E-state index contributed by atoms with van der Waals surface area (Å²) in [5, 5.41) is 0.888. The molecule has 1 fully saturated rings. The van der Waals surface area contributed by atoms with Gasteiger partial charge in [-0.05, 0) is 52.0 Å². The zero-order chi connectivity index (χ0) is 24.9. The van der Waals surface area contributed by atoms with E-state index in [1.165, 1.54) is 0 Å². The Labute approximate surface area is 200 Å². The summed E-state index contributed by atoms with van der Waals surface area (Å²) in [7, 11) is -0.788. The van der Waals surface area contributed by atoms with Crippen LogP contribution in [0.15, 0.2) is 18.5 Å². The summed E-state index contributed by atoms with van der Waals surface area (Å²) in [5.41, 5.74) is -0.00331. The molecular formula is C22H33N5O6S. The van der Waals surface area contributed by atoms with Crippen LogP contribution < -0.4 is 23.8 Å². The highest BCUT2D eigenvalue weighted by Gasteiger charge is 2.24. The third-order valence-corrected chi connectivity index (χ3v) is 6.51. The van der Waals surface area contributed by atoms with Gasteiger partial charge in [0.25, 0.3) is 0 Å². The normalized spacial score (nSPS) is 15.3. The highest BCUT2D eigenvalue weighted by molar-refractivity contribution is 7.88. The number of aromatic nitrogens is 2. The lowest BCUT2D eigenvalue weighted by Gasteiger charge is -2.33. The molecule has 2 heterocycles. The summed E-state index contributed by atoms with van der Waals surface area (Å²) in [4.78, 5) is 22.8. The molecule has 1 aliphatic rings. The first-order valence-electron chi connectivity index (χ1n) is 11.1. The van der Waals surface area contributed by atoms with Crippen LogP contribution in [0.2, 0.25) is 0 Å². The van der Waals surface area contributed by atoms with Crippen LogP contribution >= 0.6 is 0 Å². The molecule has 1 aromatic heterocycles. The van der Waals surface area contributed by atoms with Crippen LogP contribution in [-0.4, -0.2) is 63.9 Å². The molecular weight excluding hydrogens is 462 g/mol. The zero-order valence-electron chi connectivity index (χ0n) is 20.3. The van der Waals surface area contributed by atoms with Crippen molar-refractivity contribution >= 4 is 33.0 Å².